The highest BCUT2D eigenvalue weighted by Crippen LogP contribution is 2.26. The summed E-state index contributed by atoms with van der Waals surface area (Å²) in [7, 11) is 0. The van der Waals surface area contributed by atoms with E-state index < -0.39 is 0 Å². The second-order valence-electron chi connectivity index (χ2n) is 6.06. The number of pyridine rings is 1. The summed E-state index contributed by atoms with van der Waals surface area (Å²) in [4.78, 5) is 7.43. The van der Waals surface area contributed by atoms with Gasteiger partial charge in [0.15, 0.2) is 0 Å². The molecule has 19 heavy (non-hydrogen) atoms. The summed E-state index contributed by atoms with van der Waals surface area (Å²) >= 11 is 0. The SMILES string of the molecule is CC(C)(C)Cn1ccc(-c2ccnc3[nH]ccc23)n1. The van der Waals surface area contributed by atoms with Crippen LogP contribution in [-0.4, -0.2) is 19.7 Å². The number of nitrogens with zero attached hydrogens (tertiary/aromatic N) is 3. The molecule has 0 radical (unpaired) electrons. The quantitative estimate of drug-likeness (QED) is 0.761. The second kappa shape index (κ2) is 4.23. The first-order chi connectivity index (χ1) is 9.03. The molecule has 98 valence electrons. The minimum Gasteiger partial charge on any atom is -0.346 e. The fraction of sp³-hybridized carbons (Fsp3) is 0.333. The standard InChI is InChI=1S/C15H18N4/c1-15(2,3)10-19-9-6-13(18-19)11-4-7-16-14-12(11)5-8-17-14/h4-9H,10H2,1-3H3,(H,16,17). The van der Waals surface area contributed by atoms with Crippen molar-refractivity contribution in [3.63, 3.8) is 0 Å². The Morgan fingerprint density at radius 1 is 1.21 bits per heavy atom. The molecule has 0 unspecified atom stereocenters. The van der Waals surface area contributed by atoms with Crippen LogP contribution >= 0.6 is 0 Å². The zero-order chi connectivity index (χ0) is 13.5. The highest BCUT2D eigenvalue weighted by molar-refractivity contribution is 5.91. The van der Waals surface area contributed by atoms with Crippen LogP contribution < -0.4 is 0 Å². The topological polar surface area (TPSA) is 46.5 Å². The third kappa shape index (κ3) is 2.38. The van der Waals surface area contributed by atoms with Crippen LogP contribution in [-0.2, 0) is 6.54 Å². The van der Waals surface area contributed by atoms with E-state index in [9.17, 15) is 0 Å². The van der Waals surface area contributed by atoms with Gasteiger partial charge < -0.3 is 4.98 Å². The predicted molar refractivity (Wildman–Crippen MR) is 76.8 cm³/mol. The molecule has 0 aromatic carbocycles. The average molecular weight is 254 g/mol. The Balaban J connectivity index is 2.01. The molecule has 4 heteroatoms. The highest BCUT2D eigenvalue weighted by Gasteiger charge is 2.13. The number of fused-ring (bicyclic) bond motifs is 1. The molecule has 3 rings (SSSR count). The van der Waals surface area contributed by atoms with E-state index in [2.05, 4.69) is 41.9 Å². The van der Waals surface area contributed by atoms with E-state index in [4.69, 9.17) is 0 Å². The van der Waals surface area contributed by atoms with Gasteiger partial charge in [-0.1, -0.05) is 20.8 Å². The molecule has 0 aliphatic heterocycles. The van der Waals surface area contributed by atoms with E-state index in [1.54, 1.807) is 0 Å². The van der Waals surface area contributed by atoms with Crippen molar-refractivity contribution in [2.75, 3.05) is 0 Å². The lowest BCUT2D eigenvalue weighted by atomic mass is 9.97. The monoisotopic (exact) mass is 254 g/mol. The Hall–Kier alpha value is -2.10. The first kappa shape index (κ1) is 12.0. The fourth-order valence-electron chi connectivity index (χ4n) is 2.26. The molecule has 0 amide bonds. The van der Waals surface area contributed by atoms with Crippen LogP contribution in [0.3, 0.4) is 0 Å². The lowest BCUT2D eigenvalue weighted by Crippen LogP contribution is -2.15. The van der Waals surface area contributed by atoms with Gasteiger partial charge in [-0.05, 0) is 23.6 Å². The summed E-state index contributed by atoms with van der Waals surface area (Å²) in [5.41, 5.74) is 3.25. The summed E-state index contributed by atoms with van der Waals surface area (Å²) in [5.74, 6) is 0. The molecule has 3 heterocycles. The van der Waals surface area contributed by atoms with Gasteiger partial charge in [-0.25, -0.2) is 4.98 Å². The van der Waals surface area contributed by atoms with E-state index in [-0.39, 0.29) is 5.41 Å². The Labute approximate surface area is 112 Å². The smallest absolute Gasteiger partial charge is 0.137 e. The zero-order valence-electron chi connectivity index (χ0n) is 11.5. The number of hydrogen-bond acceptors (Lipinski definition) is 2. The van der Waals surface area contributed by atoms with Crippen LogP contribution in [0.5, 0.6) is 0 Å². The minimum atomic E-state index is 0.227. The van der Waals surface area contributed by atoms with Crippen LogP contribution in [0.4, 0.5) is 0 Å². The van der Waals surface area contributed by atoms with Crippen LogP contribution in [0, 0.1) is 5.41 Å². The third-order valence-corrected chi connectivity index (χ3v) is 3.01. The van der Waals surface area contributed by atoms with E-state index in [1.807, 2.05) is 35.4 Å². The number of rotatable bonds is 2. The molecule has 3 aromatic heterocycles. The minimum absolute atomic E-state index is 0.227. The molecule has 0 fully saturated rings. The maximum atomic E-state index is 4.67. The Kier molecular flexibility index (Phi) is 2.66. The third-order valence-electron chi connectivity index (χ3n) is 3.01. The van der Waals surface area contributed by atoms with Gasteiger partial charge in [-0.2, -0.15) is 5.10 Å². The fourth-order valence-corrected chi connectivity index (χ4v) is 2.26. The van der Waals surface area contributed by atoms with E-state index in [0.29, 0.717) is 0 Å². The lowest BCUT2D eigenvalue weighted by Gasteiger charge is -2.17. The Bertz CT molecular complexity index is 700. The van der Waals surface area contributed by atoms with Crippen molar-refractivity contribution in [2.24, 2.45) is 5.41 Å². The van der Waals surface area contributed by atoms with E-state index in [0.717, 1.165) is 28.8 Å². The van der Waals surface area contributed by atoms with Crippen LogP contribution in [0.2, 0.25) is 0 Å². The Morgan fingerprint density at radius 3 is 2.84 bits per heavy atom. The van der Waals surface area contributed by atoms with Crippen LogP contribution in [0.1, 0.15) is 20.8 Å². The van der Waals surface area contributed by atoms with Gasteiger partial charge in [0.1, 0.15) is 5.65 Å². The molecule has 0 saturated heterocycles. The van der Waals surface area contributed by atoms with Gasteiger partial charge in [0, 0.05) is 36.1 Å². The average Bonchev–Trinajstić information content (AvgIpc) is 2.94. The summed E-state index contributed by atoms with van der Waals surface area (Å²) in [6, 6.07) is 6.12. The van der Waals surface area contributed by atoms with Gasteiger partial charge in [0.25, 0.3) is 0 Å². The summed E-state index contributed by atoms with van der Waals surface area (Å²) in [6.45, 7) is 7.55. The molecule has 0 aliphatic rings. The molecule has 4 nitrogen and oxygen atoms in total. The van der Waals surface area contributed by atoms with Crippen molar-refractivity contribution in [1.29, 1.82) is 0 Å². The molecule has 3 aromatic rings. The van der Waals surface area contributed by atoms with Crippen molar-refractivity contribution in [3.05, 3.63) is 36.8 Å². The van der Waals surface area contributed by atoms with Crippen molar-refractivity contribution < 1.29 is 0 Å². The van der Waals surface area contributed by atoms with Crippen LogP contribution in [0.15, 0.2) is 36.8 Å². The van der Waals surface area contributed by atoms with Crippen molar-refractivity contribution in [1.82, 2.24) is 19.7 Å². The molecule has 1 N–H and O–H groups in total. The second-order valence-corrected chi connectivity index (χ2v) is 6.06. The Morgan fingerprint density at radius 2 is 2.05 bits per heavy atom. The first-order valence-corrected chi connectivity index (χ1v) is 6.49. The highest BCUT2D eigenvalue weighted by atomic mass is 15.3. The van der Waals surface area contributed by atoms with Crippen molar-refractivity contribution in [2.45, 2.75) is 27.3 Å². The maximum Gasteiger partial charge on any atom is 0.137 e. The van der Waals surface area contributed by atoms with Gasteiger partial charge in [-0.15, -0.1) is 0 Å². The summed E-state index contributed by atoms with van der Waals surface area (Å²) in [6.07, 6.45) is 5.77. The molecular weight excluding hydrogens is 236 g/mol. The zero-order valence-corrected chi connectivity index (χ0v) is 11.5. The number of aromatic amines is 1. The lowest BCUT2D eigenvalue weighted by molar-refractivity contribution is 0.326. The summed E-state index contributed by atoms with van der Waals surface area (Å²) < 4.78 is 2.01. The van der Waals surface area contributed by atoms with Crippen molar-refractivity contribution in [3.8, 4) is 11.3 Å². The number of hydrogen-bond donors (Lipinski definition) is 1. The van der Waals surface area contributed by atoms with Gasteiger partial charge in [-0.3, -0.25) is 4.68 Å². The van der Waals surface area contributed by atoms with Crippen LogP contribution in [0.25, 0.3) is 22.3 Å². The largest absolute Gasteiger partial charge is 0.346 e. The van der Waals surface area contributed by atoms with Gasteiger partial charge in [0.05, 0.1) is 5.69 Å². The summed E-state index contributed by atoms with van der Waals surface area (Å²) in [5, 5.41) is 5.78. The number of nitrogens with one attached hydrogen (secondary N) is 1. The molecule has 0 spiro atoms. The normalized spacial score (nSPS) is 12.2. The van der Waals surface area contributed by atoms with Gasteiger partial charge >= 0.3 is 0 Å². The number of aromatic nitrogens is 4. The molecule has 0 atom stereocenters. The molecule has 0 aliphatic carbocycles. The van der Waals surface area contributed by atoms with Crippen molar-refractivity contribution >= 4 is 11.0 Å². The van der Waals surface area contributed by atoms with Gasteiger partial charge in [0.2, 0.25) is 0 Å². The predicted octanol–water partition coefficient (Wildman–Crippen LogP) is 3.47. The van der Waals surface area contributed by atoms with E-state index in [1.165, 1.54) is 0 Å². The maximum absolute atomic E-state index is 4.67. The molecule has 0 saturated carbocycles. The first-order valence-electron chi connectivity index (χ1n) is 6.49. The molecular formula is C15H18N4. The molecule has 0 bridgehead atoms. The van der Waals surface area contributed by atoms with E-state index >= 15 is 0 Å². The number of H-pyrrole nitrogens is 1.